The van der Waals surface area contributed by atoms with Crippen LogP contribution in [-0.2, 0) is 0 Å². The molecule has 0 aliphatic carbocycles. The number of hydrogen-bond acceptors (Lipinski definition) is 5. The molecule has 0 spiro atoms. The summed E-state index contributed by atoms with van der Waals surface area (Å²) in [6.45, 7) is 9.05. The van der Waals surface area contributed by atoms with Crippen molar-refractivity contribution < 1.29 is 4.74 Å². The van der Waals surface area contributed by atoms with Gasteiger partial charge < -0.3 is 10.1 Å². The minimum Gasteiger partial charge on any atom is -0.491 e. The molecule has 1 unspecified atom stereocenters. The molecule has 0 amide bonds. The Hall–Kier alpha value is -1.46. The molecule has 0 saturated heterocycles. The highest BCUT2D eigenvalue weighted by Gasteiger charge is 2.19. The summed E-state index contributed by atoms with van der Waals surface area (Å²) in [5, 5.41) is 7.61. The van der Waals surface area contributed by atoms with Gasteiger partial charge >= 0.3 is 0 Å². The van der Waals surface area contributed by atoms with Crippen molar-refractivity contribution in [3.8, 4) is 5.75 Å². The Morgan fingerprint density at radius 1 is 1.35 bits per heavy atom. The van der Waals surface area contributed by atoms with Crippen LogP contribution in [0.25, 0.3) is 0 Å². The Kier molecular flexibility index (Phi) is 5.09. The highest BCUT2D eigenvalue weighted by atomic mass is 32.1. The first kappa shape index (κ1) is 14.9. The zero-order valence-electron chi connectivity index (χ0n) is 12.4. The number of nitrogens with zero attached hydrogens (tertiary/aromatic N) is 2. The van der Waals surface area contributed by atoms with Gasteiger partial charge in [0.1, 0.15) is 5.75 Å². The lowest BCUT2D eigenvalue weighted by atomic mass is 10.0. The molecule has 2 aromatic rings. The normalized spacial score (nSPS) is 12.7. The Morgan fingerprint density at radius 3 is 2.75 bits per heavy atom. The molecule has 0 fully saturated rings. The van der Waals surface area contributed by atoms with E-state index in [-0.39, 0.29) is 12.1 Å². The molecule has 0 saturated carbocycles. The zero-order valence-corrected chi connectivity index (χ0v) is 13.2. The Bertz CT molecular complexity index is 554. The van der Waals surface area contributed by atoms with Crippen LogP contribution in [0, 0.1) is 6.92 Å². The minimum absolute atomic E-state index is 0.121. The van der Waals surface area contributed by atoms with E-state index in [2.05, 4.69) is 34.0 Å². The first-order valence-electron chi connectivity index (χ1n) is 6.90. The number of aryl methyl sites for hydroxylation is 1. The molecule has 1 aromatic carbocycles. The average molecular weight is 291 g/mol. The van der Waals surface area contributed by atoms with E-state index in [1.165, 1.54) is 17.1 Å². The van der Waals surface area contributed by atoms with Crippen molar-refractivity contribution in [2.24, 2.45) is 0 Å². The zero-order chi connectivity index (χ0) is 14.5. The first-order valence-corrected chi connectivity index (χ1v) is 7.68. The van der Waals surface area contributed by atoms with E-state index in [1.807, 2.05) is 32.9 Å². The van der Waals surface area contributed by atoms with Gasteiger partial charge in [-0.25, -0.2) is 0 Å². The van der Waals surface area contributed by atoms with Crippen LogP contribution in [0.3, 0.4) is 0 Å². The standard InChI is InChI=1S/C15H21N3OS/c1-5-16-14(15-11(4)17-18-20-15)12-7-6-8-13(9-12)19-10(2)3/h6-10,14,16H,5H2,1-4H3. The van der Waals surface area contributed by atoms with E-state index in [1.54, 1.807) is 0 Å². The van der Waals surface area contributed by atoms with Gasteiger partial charge in [0.05, 0.1) is 22.7 Å². The number of ether oxygens (including phenoxy) is 1. The van der Waals surface area contributed by atoms with Crippen molar-refractivity contribution in [1.29, 1.82) is 0 Å². The van der Waals surface area contributed by atoms with Crippen LogP contribution >= 0.6 is 11.5 Å². The van der Waals surface area contributed by atoms with Gasteiger partial charge in [0.15, 0.2) is 0 Å². The highest BCUT2D eigenvalue weighted by molar-refractivity contribution is 7.05. The minimum atomic E-state index is 0.121. The lowest BCUT2D eigenvalue weighted by Crippen LogP contribution is -2.22. The smallest absolute Gasteiger partial charge is 0.120 e. The fourth-order valence-corrected chi connectivity index (χ4v) is 2.86. The molecule has 5 heteroatoms. The molecule has 108 valence electrons. The number of aromatic nitrogens is 2. The molecular formula is C15H21N3OS. The fourth-order valence-electron chi connectivity index (χ4n) is 2.11. The van der Waals surface area contributed by atoms with Crippen LogP contribution in [-0.4, -0.2) is 22.2 Å². The number of hydrogen-bond donors (Lipinski definition) is 1. The van der Waals surface area contributed by atoms with Gasteiger partial charge in [-0.1, -0.05) is 23.5 Å². The number of nitrogens with one attached hydrogen (secondary N) is 1. The summed E-state index contributed by atoms with van der Waals surface area (Å²) >= 11 is 1.45. The van der Waals surface area contributed by atoms with Gasteiger partial charge in [0.25, 0.3) is 0 Å². The van der Waals surface area contributed by atoms with E-state index in [0.29, 0.717) is 0 Å². The van der Waals surface area contributed by atoms with Crippen LogP contribution in [0.5, 0.6) is 5.75 Å². The van der Waals surface area contributed by atoms with Gasteiger partial charge in [0, 0.05) is 0 Å². The predicted octanol–water partition coefficient (Wildman–Crippen LogP) is 3.33. The maximum Gasteiger partial charge on any atom is 0.120 e. The van der Waals surface area contributed by atoms with E-state index in [9.17, 15) is 0 Å². The maximum atomic E-state index is 5.78. The lowest BCUT2D eigenvalue weighted by Gasteiger charge is -2.18. The quantitative estimate of drug-likeness (QED) is 0.887. The first-order chi connectivity index (χ1) is 9.61. The Morgan fingerprint density at radius 2 is 2.15 bits per heavy atom. The maximum absolute atomic E-state index is 5.78. The van der Waals surface area contributed by atoms with Crippen LogP contribution in [0.4, 0.5) is 0 Å². The number of rotatable bonds is 6. The molecule has 1 aromatic heterocycles. The third-order valence-electron chi connectivity index (χ3n) is 2.92. The second-order valence-electron chi connectivity index (χ2n) is 4.95. The monoisotopic (exact) mass is 291 g/mol. The van der Waals surface area contributed by atoms with E-state index >= 15 is 0 Å². The highest BCUT2D eigenvalue weighted by Crippen LogP contribution is 2.29. The molecule has 1 atom stereocenters. The Labute approximate surface area is 124 Å². The third-order valence-corrected chi connectivity index (χ3v) is 3.81. The van der Waals surface area contributed by atoms with E-state index in [0.717, 1.165) is 22.9 Å². The summed E-state index contributed by atoms with van der Waals surface area (Å²) in [4.78, 5) is 1.16. The Balaban J connectivity index is 2.32. The number of benzene rings is 1. The van der Waals surface area contributed by atoms with Gasteiger partial charge in [0.2, 0.25) is 0 Å². The molecule has 1 heterocycles. The third kappa shape index (κ3) is 3.55. The molecule has 0 bridgehead atoms. The van der Waals surface area contributed by atoms with Crippen LogP contribution < -0.4 is 10.1 Å². The summed E-state index contributed by atoms with van der Waals surface area (Å²) in [6, 6.07) is 8.34. The second kappa shape index (κ2) is 6.81. The summed E-state index contributed by atoms with van der Waals surface area (Å²) in [7, 11) is 0. The van der Waals surface area contributed by atoms with Crippen LogP contribution in [0.1, 0.15) is 42.9 Å². The summed E-state index contributed by atoms with van der Waals surface area (Å²) in [5.41, 5.74) is 2.16. The summed E-state index contributed by atoms with van der Waals surface area (Å²) < 4.78 is 9.82. The molecular weight excluding hydrogens is 270 g/mol. The predicted molar refractivity (Wildman–Crippen MR) is 82.4 cm³/mol. The SMILES string of the molecule is CCNC(c1cccc(OC(C)C)c1)c1snnc1C. The van der Waals surface area contributed by atoms with Gasteiger partial charge in [-0.05, 0) is 56.5 Å². The van der Waals surface area contributed by atoms with Gasteiger partial charge in [-0.15, -0.1) is 5.10 Å². The largest absolute Gasteiger partial charge is 0.491 e. The van der Waals surface area contributed by atoms with E-state index in [4.69, 9.17) is 4.74 Å². The van der Waals surface area contributed by atoms with Crippen molar-refractivity contribution in [1.82, 2.24) is 14.9 Å². The molecule has 0 radical (unpaired) electrons. The second-order valence-corrected chi connectivity index (χ2v) is 5.74. The summed E-state index contributed by atoms with van der Waals surface area (Å²) in [6.07, 6.45) is 0.176. The van der Waals surface area contributed by atoms with Crippen molar-refractivity contribution in [2.45, 2.75) is 39.8 Å². The van der Waals surface area contributed by atoms with E-state index < -0.39 is 0 Å². The lowest BCUT2D eigenvalue weighted by molar-refractivity contribution is 0.242. The summed E-state index contributed by atoms with van der Waals surface area (Å²) in [5.74, 6) is 0.899. The molecule has 20 heavy (non-hydrogen) atoms. The molecule has 0 aliphatic rings. The fraction of sp³-hybridized carbons (Fsp3) is 0.467. The average Bonchev–Trinajstić information content (AvgIpc) is 2.81. The van der Waals surface area contributed by atoms with Crippen molar-refractivity contribution in [3.05, 3.63) is 40.4 Å². The van der Waals surface area contributed by atoms with Crippen molar-refractivity contribution in [3.63, 3.8) is 0 Å². The molecule has 1 N–H and O–H groups in total. The molecule has 4 nitrogen and oxygen atoms in total. The molecule has 2 rings (SSSR count). The van der Waals surface area contributed by atoms with Gasteiger partial charge in [-0.2, -0.15) is 0 Å². The topological polar surface area (TPSA) is 47.0 Å². The van der Waals surface area contributed by atoms with Crippen LogP contribution in [0.15, 0.2) is 24.3 Å². The van der Waals surface area contributed by atoms with Gasteiger partial charge in [-0.3, -0.25) is 0 Å². The van der Waals surface area contributed by atoms with Crippen molar-refractivity contribution in [2.75, 3.05) is 6.54 Å². The van der Waals surface area contributed by atoms with Crippen molar-refractivity contribution >= 4 is 11.5 Å². The van der Waals surface area contributed by atoms with Crippen LogP contribution in [0.2, 0.25) is 0 Å². The molecule has 0 aliphatic heterocycles.